The zero-order chi connectivity index (χ0) is 15.9. The van der Waals surface area contributed by atoms with Gasteiger partial charge < -0.3 is 10.6 Å². The molecular weight excluding hydrogens is 332 g/mol. The summed E-state index contributed by atoms with van der Waals surface area (Å²) >= 11 is 3.78. The van der Waals surface area contributed by atoms with Crippen LogP contribution in [-0.2, 0) is 0 Å². The summed E-state index contributed by atoms with van der Waals surface area (Å²) in [6, 6.07) is 25.8. The van der Waals surface area contributed by atoms with E-state index < -0.39 is 0 Å². The summed E-state index contributed by atoms with van der Waals surface area (Å²) in [5.41, 5.74) is 5.13. The lowest BCUT2D eigenvalue weighted by atomic mass is 10.2. The van der Waals surface area contributed by atoms with Gasteiger partial charge in [0.1, 0.15) is 10.7 Å². The number of fused-ring (bicyclic) bond motifs is 2. The highest BCUT2D eigenvalue weighted by molar-refractivity contribution is 8.00. The third kappa shape index (κ3) is 2.46. The van der Waals surface area contributed by atoms with Gasteiger partial charge in [-0.15, -0.1) is 0 Å². The van der Waals surface area contributed by atoms with Crippen molar-refractivity contribution in [1.29, 1.82) is 0 Å². The van der Waals surface area contributed by atoms with Gasteiger partial charge in [-0.1, -0.05) is 84.2 Å². The number of benzene rings is 3. The molecular formula is C20H16N2S2. The van der Waals surface area contributed by atoms with E-state index in [0.717, 1.165) is 0 Å². The zero-order valence-electron chi connectivity index (χ0n) is 12.9. The van der Waals surface area contributed by atoms with Crippen LogP contribution in [0.1, 0.15) is 21.9 Å². The van der Waals surface area contributed by atoms with Crippen LogP contribution in [0.2, 0.25) is 0 Å². The van der Waals surface area contributed by atoms with Crippen LogP contribution in [0.5, 0.6) is 0 Å². The molecule has 0 radical (unpaired) electrons. The molecule has 0 fully saturated rings. The summed E-state index contributed by atoms with van der Waals surface area (Å²) in [6.45, 7) is 0. The molecule has 2 heterocycles. The lowest BCUT2D eigenvalue weighted by Crippen LogP contribution is -2.00. The van der Waals surface area contributed by atoms with E-state index in [9.17, 15) is 0 Å². The number of nitrogens with one attached hydrogen (secondary N) is 2. The average Bonchev–Trinajstić information content (AvgIpc) is 3.24. The Morgan fingerprint density at radius 3 is 1.42 bits per heavy atom. The molecule has 24 heavy (non-hydrogen) atoms. The molecule has 2 atom stereocenters. The molecule has 3 aromatic rings. The molecule has 3 aromatic carbocycles. The maximum absolute atomic E-state index is 3.66. The van der Waals surface area contributed by atoms with Crippen molar-refractivity contribution in [3.63, 3.8) is 0 Å². The molecule has 5 rings (SSSR count). The van der Waals surface area contributed by atoms with E-state index in [1.807, 2.05) is 23.5 Å². The Kier molecular flexibility index (Phi) is 3.46. The molecule has 118 valence electrons. The number of thioether (sulfide) groups is 2. The molecule has 0 aliphatic carbocycles. The van der Waals surface area contributed by atoms with E-state index in [0.29, 0.717) is 10.7 Å². The topological polar surface area (TPSA) is 24.1 Å². The van der Waals surface area contributed by atoms with Crippen LogP contribution in [-0.4, -0.2) is 0 Å². The molecule has 0 bridgehead atoms. The highest BCUT2D eigenvalue weighted by Crippen LogP contribution is 2.54. The minimum atomic E-state index is 0.304. The Hall–Kier alpha value is -2.04. The van der Waals surface area contributed by atoms with Gasteiger partial charge in [0.05, 0.1) is 11.4 Å². The van der Waals surface area contributed by atoms with Gasteiger partial charge >= 0.3 is 0 Å². The zero-order valence-corrected chi connectivity index (χ0v) is 14.5. The Bertz CT molecular complexity index is 775. The third-order valence-corrected chi connectivity index (χ3v) is 6.78. The van der Waals surface area contributed by atoms with Gasteiger partial charge in [-0.25, -0.2) is 0 Å². The number of hydrogen-bond acceptors (Lipinski definition) is 4. The van der Waals surface area contributed by atoms with Crippen molar-refractivity contribution in [2.75, 3.05) is 10.6 Å². The Labute approximate surface area is 150 Å². The fourth-order valence-corrected chi connectivity index (χ4v) is 5.46. The summed E-state index contributed by atoms with van der Waals surface area (Å²) in [6.07, 6.45) is 0. The number of anilines is 2. The van der Waals surface area contributed by atoms with Gasteiger partial charge in [-0.05, 0) is 23.3 Å². The van der Waals surface area contributed by atoms with Gasteiger partial charge in [0.2, 0.25) is 0 Å². The highest BCUT2D eigenvalue weighted by Gasteiger charge is 2.29. The molecule has 2 N–H and O–H groups in total. The van der Waals surface area contributed by atoms with E-state index in [2.05, 4.69) is 83.4 Å². The van der Waals surface area contributed by atoms with Crippen LogP contribution < -0.4 is 10.6 Å². The molecule has 0 amide bonds. The second-order valence-electron chi connectivity index (χ2n) is 5.95. The van der Waals surface area contributed by atoms with Crippen molar-refractivity contribution in [2.24, 2.45) is 0 Å². The summed E-state index contributed by atoms with van der Waals surface area (Å²) in [5.74, 6) is 0. The smallest absolute Gasteiger partial charge is 0.103 e. The van der Waals surface area contributed by atoms with Crippen molar-refractivity contribution in [3.05, 3.63) is 83.9 Å². The first-order valence-corrected chi connectivity index (χ1v) is 9.77. The fourth-order valence-electron chi connectivity index (χ4n) is 3.13. The monoisotopic (exact) mass is 348 g/mol. The molecule has 0 saturated carbocycles. The Morgan fingerprint density at radius 1 is 0.583 bits per heavy atom. The van der Waals surface area contributed by atoms with Crippen LogP contribution in [0.15, 0.2) is 82.6 Å². The van der Waals surface area contributed by atoms with Crippen LogP contribution in [0.4, 0.5) is 11.4 Å². The number of hydrogen-bond donors (Lipinski definition) is 2. The average molecular weight is 348 g/mol. The Morgan fingerprint density at radius 2 is 1.00 bits per heavy atom. The van der Waals surface area contributed by atoms with Crippen LogP contribution >= 0.6 is 23.5 Å². The summed E-state index contributed by atoms with van der Waals surface area (Å²) in [7, 11) is 0. The second kappa shape index (κ2) is 5.80. The van der Waals surface area contributed by atoms with Gasteiger partial charge in [0, 0.05) is 9.79 Å². The SMILES string of the molecule is c1ccc(C2Nc3cc4c(cc3S2)NC(c2ccccc2)S4)cc1. The van der Waals surface area contributed by atoms with E-state index in [4.69, 9.17) is 0 Å². The minimum Gasteiger partial charge on any atom is -0.368 e. The van der Waals surface area contributed by atoms with Gasteiger partial charge in [0.25, 0.3) is 0 Å². The molecule has 2 nitrogen and oxygen atoms in total. The number of rotatable bonds is 2. The summed E-state index contributed by atoms with van der Waals surface area (Å²) < 4.78 is 0. The molecule has 2 unspecified atom stereocenters. The molecule has 2 aliphatic rings. The van der Waals surface area contributed by atoms with E-state index >= 15 is 0 Å². The van der Waals surface area contributed by atoms with Gasteiger partial charge in [-0.3, -0.25) is 0 Å². The van der Waals surface area contributed by atoms with Crippen molar-refractivity contribution >= 4 is 34.9 Å². The molecule has 4 heteroatoms. The normalized spacial score (nSPS) is 20.8. The molecule has 0 aromatic heterocycles. The van der Waals surface area contributed by atoms with Crippen LogP contribution in [0, 0.1) is 0 Å². The molecule has 2 aliphatic heterocycles. The van der Waals surface area contributed by atoms with Gasteiger partial charge in [0.15, 0.2) is 0 Å². The maximum Gasteiger partial charge on any atom is 0.103 e. The first-order chi connectivity index (χ1) is 11.9. The standard InChI is InChI=1S/C20H16N2S2/c1-3-7-13(8-4-1)19-21-15-11-18-16(12-17(15)23-19)22-20(24-18)14-9-5-2-6-10-14/h1-12,19-22H. The van der Waals surface area contributed by atoms with Gasteiger partial charge in [-0.2, -0.15) is 0 Å². The predicted octanol–water partition coefficient (Wildman–Crippen LogP) is 6.12. The third-order valence-electron chi connectivity index (χ3n) is 4.35. The summed E-state index contributed by atoms with van der Waals surface area (Å²) in [4.78, 5) is 2.65. The molecule has 0 spiro atoms. The van der Waals surface area contributed by atoms with E-state index in [1.54, 1.807) is 0 Å². The van der Waals surface area contributed by atoms with Crippen molar-refractivity contribution in [3.8, 4) is 0 Å². The van der Waals surface area contributed by atoms with Crippen LogP contribution in [0.25, 0.3) is 0 Å². The van der Waals surface area contributed by atoms with Crippen molar-refractivity contribution in [2.45, 2.75) is 20.5 Å². The lowest BCUT2D eigenvalue weighted by Gasteiger charge is -2.10. The van der Waals surface area contributed by atoms with Crippen LogP contribution in [0.3, 0.4) is 0 Å². The quantitative estimate of drug-likeness (QED) is 0.582. The van der Waals surface area contributed by atoms with E-state index in [1.165, 1.54) is 32.3 Å². The van der Waals surface area contributed by atoms with E-state index in [-0.39, 0.29) is 0 Å². The Balaban J connectivity index is 1.41. The summed E-state index contributed by atoms with van der Waals surface area (Å²) in [5, 5.41) is 7.92. The largest absolute Gasteiger partial charge is 0.368 e. The van der Waals surface area contributed by atoms with Crippen molar-refractivity contribution < 1.29 is 0 Å². The highest BCUT2D eigenvalue weighted by atomic mass is 32.2. The van der Waals surface area contributed by atoms with Crippen molar-refractivity contribution in [1.82, 2.24) is 0 Å². The maximum atomic E-state index is 3.66. The first kappa shape index (κ1) is 14.3. The first-order valence-electron chi connectivity index (χ1n) is 8.01. The molecule has 0 saturated heterocycles. The fraction of sp³-hybridized carbons (Fsp3) is 0.100. The second-order valence-corrected chi connectivity index (χ2v) is 8.24. The lowest BCUT2D eigenvalue weighted by molar-refractivity contribution is 1.12. The minimum absolute atomic E-state index is 0.304. The predicted molar refractivity (Wildman–Crippen MR) is 104 cm³/mol.